The van der Waals surface area contributed by atoms with E-state index in [4.69, 9.17) is 9.47 Å². The second kappa shape index (κ2) is 5.40. The van der Waals surface area contributed by atoms with E-state index < -0.39 is 0 Å². The molecule has 4 nitrogen and oxygen atoms in total. The van der Waals surface area contributed by atoms with Crippen molar-refractivity contribution < 1.29 is 14.3 Å². The Labute approximate surface area is 107 Å². The van der Waals surface area contributed by atoms with E-state index >= 15 is 0 Å². The average Bonchev–Trinajstić information content (AvgIpc) is 3.20. The molecule has 1 aliphatic rings. The number of para-hydroxylation sites is 1. The van der Waals surface area contributed by atoms with Gasteiger partial charge >= 0.3 is 0 Å². The molecule has 1 fully saturated rings. The van der Waals surface area contributed by atoms with E-state index in [9.17, 15) is 4.79 Å². The number of hydrogen-bond acceptors (Lipinski definition) is 3. The topological polar surface area (TPSA) is 42.1 Å². The summed E-state index contributed by atoms with van der Waals surface area (Å²) in [6.07, 6.45) is -0.504. The third-order valence-electron chi connectivity index (χ3n) is 3.26. The van der Waals surface area contributed by atoms with Gasteiger partial charge in [0, 0.05) is 18.7 Å². The van der Waals surface area contributed by atoms with Gasteiger partial charge in [0.1, 0.15) is 11.9 Å². The van der Waals surface area contributed by atoms with E-state index in [2.05, 4.69) is 0 Å². The molecule has 0 saturated carbocycles. The Balaban J connectivity index is 2.09. The van der Waals surface area contributed by atoms with E-state index in [-0.39, 0.29) is 18.1 Å². The second-order valence-electron chi connectivity index (χ2n) is 4.23. The molecule has 1 amide bonds. The minimum Gasteiger partial charge on any atom is -0.496 e. The van der Waals surface area contributed by atoms with Crippen LogP contribution in [0.4, 0.5) is 0 Å². The monoisotopic (exact) mass is 249 g/mol. The van der Waals surface area contributed by atoms with Crippen LogP contribution in [-0.2, 0) is 9.53 Å². The maximum absolute atomic E-state index is 12.1. The highest BCUT2D eigenvalue weighted by molar-refractivity contribution is 5.84. The van der Waals surface area contributed by atoms with Gasteiger partial charge in [0.05, 0.1) is 7.11 Å². The van der Waals surface area contributed by atoms with Crippen molar-refractivity contribution in [2.24, 2.45) is 0 Å². The summed E-state index contributed by atoms with van der Waals surface area (Å²) in [4.78, 5) is 13.9. The number of benzene rings is 1. The molecule has 0 bridgehead atoms. The first kappa shape index (κ1) is 12.9. The van der Waals surface area contributed by atoms with E-state index in [1.54, 1.807) is 12.0 Å². The maximum Gasteiger partial charge on any atom is 0.254 e. The van der Waals surface area contributed by atoms with Gasteiger partial charge in [-0.2, -0.15) is 0 Å². The van der Waals surface area contributed by atoms with Crippen LogP contribution in [0, 0.1) is 0 Å². The van der Waals surface area contributed by atoms with Crippen LogP contribution in [-0.4, -0.2) is 37.1 Å². The highest BCUT2D eigenvalue weighted by Gasteiger charge is 2.48. The summed E-state index contributed by atoms with van der Waals surface area (Å²) in [5, 5.41) is 0. The Hall–Kier alpha value is -1.55. The molecule has 2 atom stereocenters. The van der Waals surface area contributed by atoms with Gasteiger partial charge in [0.15, 0.2) is 6.10 Å². The minimum atomic E-state index is -0.346. The molecule has 0 unspecified atom stereocenters. The first-order valence-electron chi connectivity index (χ1n) is 6.30. The Bertz CT molecular complexity index is 429. The molecule has 4 heteroatoms. The molecule has 1 aromatic rings. The van der Waals surface area contributed by atoms with Crippen LogP contribution in [0.1, 0.15) is 25.5 Å². The predicted octanol–water partition coefficient (Wildman–Crippen LogP) is 2.00. The summed E-state index contributed by atoms with van der Waals surface area (Å²) >= 11 is 0. The molecular formula is C14H19NO3. The van der Waals surface area contributed by atoms with Gasteiger partial charge in [-0.3, -0.25) is 4.79 Å². The van der Waals surface area contributed by atoms with Gasteiger partial charge in [-0.15, -0.1) is 0 Å². The molecule has 0 N–H and O–H groups in total. The van der Waals surface area contributed by atoms with Gasteiger partial charge < -0.3 is 14.4 Å². The smallest absolute Gasteiger partial charge is 0.254 e. The van der Waals surface area contributed by atoms with Crippen LogP contribution in [0.2, 0.25) is 0 Å². The van der Waals surface area contributed by atoms with Crippen molar-refractivity contribution in [3.05, 3.63) is 29.8 Å². The lowest BCUT2D eigenvalue weighted by molar-refractivity contribution is -0.132. The Morgan fingerprint density at radius 1 is 1.33 bits per heavy atom. The fourth-order valence-corrected chi connectivity index (χ4v) is 2.15. The number of epoxide rings is 1. The molecular weight excluding hydrogens is 230 g/mol. The molecule has 1 heterocycles. The molecule has 0 spiro atoms. The molecule has 98 valence electrons. The second-order valence-corrected chi connectivity index (χ2v) is 4.23. The maximum atomic E-state index is 12.1. The predicted molar refractivity (Wildman–Crippen MR) is 68.5 cm³/mol. The molecule has 2 rings (SSSR count). The third-order valence-corrected chi connectivity index (χ3v) is 3.26. The van der Waals surface area contributed by atoms with Gasteiger partial charge in [-0.25, -0.2) is 0 Å². The third kappa shape index (κ3) is 2.34. The van der Waals surface area contributed by atoms with Crippen molar-refractivity contribution >= 4 is 5.91 Å². The number of hydrogen-bond donors (Lipinski definition) is 0. The summed E-state index contributed by atoms with van der Waals surface area (Å²) < 4.78 is 10.8. The number of carbonyl (C=O) groups excluding carboxylic acids is 1. The summed E-state index contributed by atoms with van der Waals surface area (Å²) in [5.74, 6) is 0.841. The van der Waals surface area contributed by atoms with Crippen molar-refractivity contribution in [3.8, 4) is 5.75 Å². The van der Waals surface area contributed by atoms with E-state index in [0.29, 0.717) is 13.1 Å². The lowest BCUT2D eigenvalue weighted by Crippen LogP contribution is -2.34. The van der Waals surface area contributed by atoms with Crippen LogP contribution in [0.15, 0.2) is 24.3 Å². The van der Waals surface area contributed by atoms with E-state index in [0.717, 1.165) is 11.3 Å². The van der Waals surface area contributed by atoms with Gasteiger partial charge in [-0.05, 0) is 19.9 Å². The molecule has 0 aromatic heterocycles. The summed E-state index contributed by atoms with van der Waals surface area (Å²) in [6, 6.07) is 7.67. The number of methoxy groups -OCH3 is 1. The lowest BCUT2D eigenvalue weighted by Gasteiger charge is -2.17. The normalized spacial score (nSPS) is 21.5. The standard InChI is InChI=1S/C14H19NO3/c1-4-15(5-2)14(16)13-12(18-13)10-8-6-7-9-11(10)17-3/h6-9,12-13H,4-5H2,1-3H3/t12-,13+/m1/s1. The largest absolute Gasteiger partial charge is 0.496 e. The quantitative estimate of drug-likeness (QED) is 0.750. The van der Waals surface area contributed by atoms with Crippen LogP contribution in [0.25, 0.3) is 0 Å². The van der Waals surface area contributed by atoms with Crippen molar-refractivity contribution in [3.63, 3.8) is 0 Å². The van der Waals surface area contributed by atoms with Crippen molar-refractivity contribution in [2.75, 3.05) is 20.2 Å². The number of ether oxygens (including phenoxy) is 2. The zero-order chi connectivity index (χ0) is 13.1. The molecule has 1 saturated heterocycles. The van der Waals surface area contributed by atoms with Gasteiger partial charge in [0.2, 0.25) is 0 Å². The number of likely N-dealkylation sites (N-methyl/N-ethyl adjacent to an activating group) is 1. The van der Waals surface area contributed by atoms with E-state index in [1.807, 2.05) is 38.1 Å². The molecule has 0 radical (unpaired) electrons. The number of nitrogens with zero attached hydrogens (tertiary/aromatic N) is 1. The van der Waals surface area contributed by atoms with Crippen LogP contribution in [0.3, 0.4) is 0 Å². The lowest BCUT2D eigenvalue weighted by atomic mass is 10.1. The van der Waals surface area contributed by atoms with Crippen LogP contribution < -0.4 is 4.74 Å². The molecule has 18 heavy (non-hydrogen) atoms. The van der Waals surface area contributed by atoms with Crippen molar-refractivity contribution in [1.29, 1.82) is 0 Å². The SMILES string of the molecule is CCN(CC)C(=O)[C@H]1O[C@@H]1c1ccccc1OC. The summed E-state index contributed by atoms with van der Waals surface area (Å²) in [6.45, 7) is 5.38. The fraction of sp³-hybridized carbons (Fsp3) is 0.500. The zero-order valence-electron chi connectivity index (χ0n) is 11.1. The highest BCUT2D eigenvalue weighted by Crippen LogP contribution is 2.43. The Morgan fingerprint density at radius 3 is 2.61 bits per heavy atom. The highest BCUT2D eigenvalue weighted by atomic mass is 16.6. The Morgan fingerprint density at radius 2 is 2.00 bits per heavy atom. The summed E-state index contributed by atoms with van der Waals surface area (Å²) in [5.41, 5.74) is 0.950. The fourth-order valence-electron chi connectivity index (χ4n) is 2.15. The van der Waals surface area contributed by atoms with Crippen LogP contribution >= 0.6 is 0 Å². The number of rotatable bonds is 5. The first-order chi connectivity index (χ1) is 8.72. The molecule has 1 aromatic carbocycles. The number of carbonyl (C=O) groups is 1. The summed E-state index contributed by atoms with van der Waals surface area (Å²) in [7, 11) is 1.63. The molecule has 1 aliphatic heterocycles. The average molecular weight is 249 g/mol. The molecule has 0 aliphatic carbocycles. The van der Waals surface area contributed by atoms with Gasteiger partial charge in [0.25, 0.3) is 5.91 Å². The van der Waals surface area contributed by atoms with Crippen LogP contribution in [0.5, 0.6) is 5.75 Å². The zero-order valence-corrected chi connectivity index (χ0v) is 11.1. The Kier molecular flexibility index (Phi) is 3.87. The van der Waals surface area contributed by atoms with E-state index in [1.165, 1.54) is 0 Å². The van der Waals surface area contributed by atoms with Crippen molar-refractivity contribution in [2.45, 2.75) is 26.1 Å². The number of amides is 1. The minimum absolute atomic E-state index is 0.0657. The van der Waals surface area contributed by atoms with Crippen molar-refractivity contribution in [1.82, 2.24) is 4.90 Å². The first-order valence-corrected chi connectivity index (χ1v) is 6.30. The van der Waals surface area contributed by atoms with Gasteiger partial charge in [-0.1, -0.05) is 18.2 Å².